The second-order valence-corrected chi connectivity index (χ2v) is 9.41. The summed E-state index contributed by atoms with van der Waals surface area (Å²) in [4.78, 5) is 37.0. The van der Waals surface area contributed by atoms with Crippen LogP contribution in [0.3, 0.4) is 0 Å². The zero-order valence-corrected chi connectivity index (χ0v) is 21.6. The van der Waals surface area contributed by atoms with Crippen molar-refractivity contribution in [1.29, 1.82) is 0 Å². The Morgan fingerprint density at radius 2 is 1.53 bits per heavy atom. The van der Waals surface area contributed by atoms with E-state index in [0.717, 1.165) is 9.13 Å². The summed E-state index contributed by atoms with van der Waals surface area (Å²) < 4.78 is 5.74. The van der Waals surface area contributed by atoms with E-state index in [9.17, 15) is 24.6 Å². The van der Waals surface area contributed by atoms with Crippen LogP contribution in [0.1, 0.15) is 29.9 Å². The van der Waals surface area contributed by atoms with E-state index in [4.69, 9.17) is 27.9 Å². The number of rotatable bonds is 8. The van der Waals surface area contributed by atoms with Crippen molar-refractivity contribution >= 4 is 63.7 Å². The van der Waals surface area contributed by atoms with Gasteiger partial charge in [0.05, 0.1) is 30.6 Å². The zero-order valence-electron chi connectivity index (χ0n) is 17.9. The molecule has 34 heavy (non-hydrogen) atoms. The van der Waals surface area contributed by atoms with Gasteiger partial charge in [0.2, 0.25) is 0 Å². The van der Waals surface area contributed by atoms with Crippen molar-refractivity contribution in [3.8, 4) is 0 Å². The minimum atomic E-state index is -1.40. The largest absolute Gasteiger partial charge is 0.478 e. The van der Waals surface area contributed by atoms with E-state index in [1.54, 1.807) is 6.07 Å². The number of dihydropyridines is 1. The summed E-state index contributed by atoms with van der Waals surface area (Å²) in [6.45, 7) is 0. The van der Waals surface area contributed by atoms with Crippen molar-refractivity contribution in [3.05, 3.63) is 89.7 Å². The summed E-state index contributed by atoms with van der Waals surface area (Å²) in [6, 6.07) is 12.3. The van der Waals surface area contributed by atoms with Crippen molar-refractivity contribution < 1.29 is 29.3 Å². The van der Waals surface area contributed by atoms with Gasteiger partial charge in [-0.05, 0) is 59.2 Å². The van der Waals surface area contributed by atoms with Crippen LogP contribution in [0.4, 0.5) is 0 Å². The SMILES string of the molecule is COC(=O)CC1=C(C(=O)O)C(c2c(Cl)cccc2Cl)C(C(=O)O)=C(CCc2ccccc2I)N1. The van der Waals surface area contributed by atoms with Crippen LogP contribution in [-0.2, 0) is 25.5 Å². The van der Waals surface area contributed by atoms with E-state index >= 15 is 0 Å². The lowest BCUT2D eigenvalue weighted by atomic mass is 9.78. The standard InChI is InChI=1S/C24H20Cl2INO6/c1-34-18(29)11-17-21(24(32)33)22(19-13(25)6-4-7-14(19)26)20(23(30)31)16(28-17)10-9-12-5-2-3-8-15(12)27/h2-8,22,28H,9-11H2,1H3,(H,30,31)(H,32,33). The molecule has 1 aliphatic heterocycles. The van der Waals surface area contributed by atoms with E-state index in [1.807, 2.05) is 24.3 Å². The molecule has 2 aromatic rings. The molecule has 3 rings (SSSR count). The van der Waals surface area contributed by atoms with Crippen molar-refractivity contribution in [2.45, 2.75) is 25.2 Å². The Kier molecular flexibility index (Phi) is 8.62. The van der Waals surface area contributed by atoms with E-state index in [1.165, 1.54) is 19.2 Å². The van der Waals surface area contributed by atoms with Crippen molar-refractivity contribution in [3.63, 3.8) is 0 Å². The van der Waals surface area contributed by atoms with Gasteiger partial charge in [-0.3, -0.25) is 4.79 Å². The first kappa shape index (κ1) is 26.1. The van der Waals surface area contributed by atoms with Crippen LogP contribution < -0.4 is 5.32 Å². The van der Waals surface area contributed by atoms with Gasteiger partial charge in [-0.1, -0.05) is 47.5 Å². The predicted octanol–water partition coefficient (Wildman–Crippen LogP) is 5.16. The molecule has 0 saturated carbocycles. The Morgan fingerprint density at radius 3 is 2.09 bits per heavy atom. The Hall–Kier alpha value is -2.56. The molecule has 1 aliphatic rings. The van der Waals surface area contributed by atoms with Gasteiger partial charge in [-0.15, -0.1) is 0 Å². The summed E-state index contributed by atoms with van der Waals surface area (Å²) in [6.07, 6.45) is 0.336. The third-order valence-corrected chi connectivity index (χ3v) is 7.14. The summed E-state index contributed by atoms with van der Waals surface area (Å²) in [5.41, 5.74) is 0.941. The van der Waals surface area contributed by atoms with Crippen LogP contribution in [-0.4, -0.2) is 35.2 Å². The van der Waals surface area contributed by atoms with Gasteiger partial charge in [0.1, 0.15) is 0 Å². The summed E-state index contributed by atoms with van der Waals surface area (Å²) in [5.74, 6) is -4.70. The summed E-state index contributed by atoms with van der Waals surface area (Å²) in [7, 11) is 1.19. The molecule has 0 aliphatic carbocycles. The predicted molar refractivity (Wildman–Crippen MR) is 136 cm³/mol. The number of ether oxygens (including phenoxy) is 1. The highest BCUT2D eigenvalue weighted by atomic mass is 127. The fraction of sp³-hybridized carbons (Fsp3) is 0.208. The highest BCUT2D eigenvalue weighted by molar-refractivity contribution is 14.1. The maximum atomic E-state index is 12.5. The number of benzene rings is 2. The number of carboxylic acids is 2. The third-order valence-electron chi connectivity index (χ3n) is 5.43. The second kappa shape index (κ2) is 11.2. The fourth-order valence-electron chi connectivity index (χ4n) is 3.90. The van der Waals surface area contributed by atoms with Crippen molar-refractivity contribution in [1.82, 2.24) is 5.32 Å². The second-order valence-electron chi connectivity index (χ2n) is 7.43. The molecule has 0 radical (unpaired) electrons. The lowest BCUT2D eigenvalue weighted by molar-refractivity contribution is -0.139. The smallest absolute Gasteiger partial charge is 0.334 e. The maximum absolute atomic E-state index is 12.5. The molecule has 0 fully saturated rings. The van der Waals surface area contributed by atoms with Crippen LogP contribution in [0.15, 0.2) is 65.0 Å². The topological polar surface area (TPSA) is 113 Å². The average molecular weight is 616 g/mol. The molecule has 178 valence electrons. The number of aryl methyl sites for hydroxylation is 1. The number of hydrogen-bond acceptors (Lipinski definition) is 5. The first-order valence-corrected chi connectivity index (χ1v) is 11.9. The summed E-state index contributed by atoms with van der Waals surface area (Å²) >= 11 is 15.0. The number of carboxylic acid groups (broad SMARTS) is 2. The molecule has 1 unspecified atom stereocenters. The Bertz CT molecular complexity index is 1200. The molecule has 1 atom stereocenters. The molecule has 2 aromatic carbocycles. The van der Waals surface area contributed by atoms with Gasteiger partial charge < -0.3 is 20.3 Å². The number of hydrogen-bond donors (Lipinski definition) is 3. The Labute approximate surface area is 219 Å². The average Bonchev–Trinajstić information content (AvgIpc) is 2.77. The number of halogens is 3. The molecular weight excluding hydrogens is 596 g/mol. The van der Waals surface area contributed by atoms with E-state index in [-0.39, 0.29) is 44.6 Å². The highest BCUT2D eigenvalue weighted by Crippen LogP contribution is 2.45. The lowest BCUT2D eigenvalue weighted by Gasteiger charge is -2.32. The van der Waals surface area contributed by atoms with Crippen LogP contribution in [0.2, 0.25) is 10.0 Å². The number of methoxy groups -OCH3 is 1. The van der Waals surface area contributed by atoms with Crippen LogP contribution in [0.25, 0.3) is 0 Å². The molecule has 0 aromatic heterocycles. The van der Waals surface area contributed by atoms with Crippen LogP contribution in [0.5, 0.6) is 0 Å². The van der Waals surface area contributed by atoms with Crippen molar-refractivity contribution in [2.75, 3.05) is 7.11 Å². The molecule has 1 heterocycles. The summed E-state index contributed by atoms with van der Waals surface area (Å²) in [5, 5.41) is 23.4. The molecule has 0 amide bonds. The first-order valence-electron chi connectivity index (χ1n) is 10.1. The highest BCUT2D eigenvalue weighted by Gasteiger charge is 2.40. The zero-order chi connectivity index (χ0) is 25.0. The van der Waals surface area contributed by atoms with Gasteiger partial charge >= 0.3 is 17.9 Å². The molecule has 7 nitrogen and oxygen atoms in total. The monoisotopic (exact) mass is 615 g/mol. The van der Waals surface area contributed by atoms with Gasteiger partial charge in [-0.25, -0.2) is 9.59 Å². The number of aliphatic carboxylic acids is 2. The van der Waals surface area contributed by atoms with Gasteiger partial charge in [-0.2, -0.15) is 0 Å². The quantitative estimate of drug-likeness (QED) is 0.278. The van der Waals surface area contributed by atoms with Crippen LogP contribution >= 0.6 is 45.8 Å². The molecule has 0 bridgehead atoms. The van der Waals surface area contributed by atoms with E-state index in [2.05, 4.69) is 27.9 Å². The molecule has 0 spiro atoms. The fourth-order valence-corrected chi connectivity index (χ4v) is 5.18. The Balaban J connectivity index is 2.23. The lowest BCUT2D eigenvalue weighted by Crippen LogP contribution is -2.34. The Morgan fingerprint density at radius 1 is 0.941 bits per heavy atom. The number of carbonyl (C=O) groups is 3. The minimum Gasteiger partial charge on any atom is -0.478 e. The van der Waals surface area contributed by atoms with Crippen LogP contribution in [0, 0.1) is 3.57 Å². The minimum absolute atomic E-state index is 0.0306. The first-order chi connectivity index (χ1) is 16.1. The van der Waals surface area contributed by atoms with Gasteiger partial charge in [0.25, 0.3) is 0 Å². The molecule has 3 N–H and O–H groups in total. The normalized spacial score (nSPS) is 15.7. The van der Waals surface area contributed by atoms with Gasteiger partial charge in [0.15, 0.2) is 0 Å². The maximum Gasteiger partial charge on any atom is 0.334 e. The molecule has 10 heteroatoms. The number of nitrogens with one attached hydrogen (secondary N) is 1. The molecule has 0 saturated heterocycles. The van der Waals surface area contributed by atoms with Crippen molar-refractivity contribution in [2.24, 2.45) is 0 Å². The van der Waals surface area contributed by atoms with E-state index in [0.29, 0.717) is 6.42 Å². The van der Waals surface area contributed by atoms with Gasteiger partial charge in [0, 0.05) is 30.6 Å². The molecular formula is C24H20Cl2INO6. The number of allylic oxidation sites excluding steroid dienone is 1. The number of carbonyl (C=O) groups excluding carboxylic acids is 1. The third kappa shape index (κ3) is 5.56. The van der Waals surface area contributed by atoms with E-state index < -0.39 is 30.2 Å². The number of esters is 1.